The van der Waals surface area contributed by atoms with Crippen LogP contribution in [-0.2, 0) is 4.79 Å². The summed E-state index contributed by atoms with van der Waals surface area (Å²) in [4.78, 5) is 10.8. The van der Waals surface area contributed by atoms with E-state index in [2.05, 4.69) is 0 Å². The third-order valence-electron chi connectivity index (χ3n) is 1.31. The molecule has 3 nitrogen and oxygen atoms in total. The first-order chi connectivity index (χ1) is 6.02. The maximum absolute atomic E-state index is 12.3. The Morgan fingerprint density at radius 2 is 2.15 bits per heavy atom. The van der Waals surface area contributed by atoms with Crippen LogP contribution in [0.15, 0.2) is 0 Å². The average molecular weight is 216 g/mol. The van der Waals surface area contributed by atoms with Crippen LogP contribution >= 0.6 is 11.6 Å². The van der Waals surface area contributed by atoms with Gasteiger partial charge in [-0.3, -0.25) is 4.79 Å². The zero-order valence-corrected chi connectivity index (χ0v) is 7.78. The highest BCUT2D eigenvalue weighted by molar-refractivity contribution is 6.17. The number of hydrogen-bond donors (Lipinski definition) is 2. The van der Waals surface area contributed by atoms with Crippen LogP contribution in [0.25, 0.3) is 0 Å². The first-order valence-electron chi connectivity index (χ1n) is 3.83. The molecule has 0 aliphatic rings. The summed E-state index contributed by atoms with van der Waals surface area (Å²) >= 11 is 5.29. The molecule has 2 N–H and O–H groups in total. The molecule has 78 valence electrons. The van der Waals surface area contributed by atoms with Gasteiger partial charge in [0.05, 0.1) is 6.54 Å². The minimum Gasteiger partial charge on any atom is -0.390 e. The molecule has 1 amide bonds. The van der Waals surface area contributed by atoms with E-state index in [4.69, 9.17) is 16.7 Å². The molecule has 0 saturated carbocycles. The van der Waals surface area contributed by atoms with E-state index in [1.165, 1.54) is 0 Å². The minimum atomic E-state index is -3.24. The van der Waals surface area contributed by atoms with Crippen LogP contribution < -0.4 is 5.32 Å². The molecule has 0 aliphatic heterocycles. The summed E-state index contributed by atoms with van der Waals surface area (Å²) in [7, 11) is 0. The lowest BCUT2D eigenvalue weighted by atomic mass is 10.3. The van der Waals surface area contributed by atoms with Crippen LogP contribution in [0.1, 0.15) is 12.8 Å². The monoisotopic (exact) mass is 215 g/mol. The van der Waals surface area contributed by atoms with Gasteiger partial charge in [-0.25, -0.2) is 8.78 Å². The van der Waals surface area contributed by atoms with Gasteiger partial charge in [0, 0.05) is 12.3 Å². The lowest BCUT2D eigenvalue weighted by Gasteiger charge is -2.13. The van der Waals surface area contributed by atoms with Crippen molar-refractivity contribution in [1.82, 2.24) is 5.32 Å². The van der Waals surface area contributed by atoms with Crippen molar-refractivity contribution in [2.24, 2.45) is 0 Å². The molecule has 0 heterocycles. The van der Waals surface area contributed by atoms with Crippen LogP contribution in [0.4, 0.5) is 8.78 Å². The molecular formula is C7H12ClF2NO2. The molecule has 0 aliphatic carbocycles. The number of carbonyl (C=O) groups is 1. The molecule has 6 heteroatoms. The van der Waals surface area contributed by atoms with Gasteiger partial charge >= 0.3 is 0 Å². The van der Waals surface area contributed by atoms with Gasteiger partial charge in [-0.05, 0) is 6.42 Å². The highest BCUT2D eigenvalue weighted by Crippen LogP contribution is 2.09. The average Bonchev–Trinajstić information content (AvgIpc) is 2.11. The molecular weight excluding hydrogens is 204 g/mol. The number of nitrogens with one attached hydrogen (secondary N) is 1. The standard InChI is InChI=1S/C7H12ClF2NO2/c8-3-1-2-6(13)11-4-7(9,10)5-12/h12H,1-5H2,(H,11,13). The van der Waals surface area contributed by atoms with Gasteiger partial charge < -0.3 is 10.4 Å². The molecule has 0 aromatic heterocycles. The van der Waals surface area contributed by atoms with Crippen molar-refractivity contribution in [2.75, 3.05) is 19.0 Å². The predicted molar refractivity (Wildman–Crippen MR) is 45.0 cm³/mol. The fraction of sp³-hybridized carbons (Fsp3) is 0.857. The highest BCUT2D eigenvalue weighted by Gasteiger charge is 2.27. The molecule has 0 rings (SSSR count). The molecule has 13 heavy (non-hydrogen) atoms. The Hall–Kier alpha value is -0.420. The molecule has 0 atom stereocenters. The number of aliphatic hydroxyl groups excluding tert-OH is 1. The van der Waals surface area contributed by atoms with E-state index < -0.39 is 25.0 Å². The number of alkyl halides is 3. The topological polar surface area (TPSA) is 49.3 Å². The second-order valence-electron chi connectivity index (χ2n) is 2.58. The van der Waals surface area contributed by atoms with E-state index in [9.17, 15) is 13.6 Å². The van der Waals surface area contributed by atoms with Crippen molar-refractivity contribution < 1.29 is 18.7 Å². The van der Waals surface area contributed by atoms with Crippen LogP contribution in [-0.4, -0.2) is 36.0 Å². The Morgan fingerprint density at radius 1 is 1.54 bits per heavy atom. The highest BCUT2D eigenvalue weighted by atomic mass is 35.5. The summed E-state index contributed by atoms with van der Waals surface area (Å²) in [6.45, 7) is -2.09. The lowest BCUT2D eigenvalue weighted by molar-refractivity contribution is -0.124. The lowest BCUT2D eigenvalue weighted by Crippen LogP contribution is -2.38. The van der Waals surface area contributed by atoms with Gasteiger partial charge in [0.15, 0.2) is 0 Å². The van der Waals surface area contributed by atoms with Gasteiger partial charge in [0.1, 0.15) is 6.61 Å². The number of amides is 1. The first-order valence-corrected chi connectivity index (χ1v) is 4.36. The van der Waals surface area contributed by atoms with Crippen molar-refractivity contribution in [3.63, 3.8) is 0 Å². The number of hydrogen-bond acceptors (Lipinski definition) is 2. The van der Waals surface area contributed by atoms with E-state index in [1.807, 2.05) is 5.32 Å². The van der Waals surface area contributed by atoms with E-state index in [0.717, 1.165) is 0 Å². The Kier molecular flexibility index (Phi) is 5.90. The largest absolute Gasteiger partial charge is 0.390 e. The summed E-state index contributed by atoms with van der Waals surface area (Å²) in [6.07, 6.45) is 0.586. The predicted octanol–water partition coefficient (Wildman–Crippen LogP) is 0.749. The second-order valence-corrected chi connectivity index (χ2v) is 2.96. The first kappa shape index (κ1) is 12.6. The smallest absolute Gasteiger partial charge is 0.287 e. The van der Waals surface area contributed by atoms with Gasteiger partial charge in [0.2, 0.25) is 5.91 Å². The molecule has 0 bridgehead atoms. The van der Waals surface area contributed by atoms with Crippen LogP contribution in [0.5, 0.6) is 0 Å². The van der Waals surface area contributed by atoms with Crippen molar-refractivity contribution in [3.8, 4) is 0 Å². The van der Waals surface area contributed by atoms with Crippen molar-refractivity contribution in [1.29, 1.82) is 0 Å². The van der Waals surface area contributed by atoms with Crippen LogP contribution in [0.2, 0.25) is 0 Å². The van der Waals surface area contributed by atoms with Gasteiger partial charge in [-0.1, -0.05) is 0 Å². The molecule has 0 spiro atoms. The molecule has 0 aromatic rings. The second kappa shape index (κ2) is 6.10. The summed E-state index contributed by atoms with van der Waals surface area (Å²) < 4.78 is 24.7. The number of rotatable bonds is 6. The maximum Gasteiger partial charge on any atom is 0.287 e. The third-order valence-corrected chi connectivity index (χ3v) is 1.58. The Morgan fingerprint density at radius 3 is 2.62 bits per heavy atom. The number of aliphatic hydroxyl groups is 1. The van der Waals surface area contributed by atoms with E-state index >= 15 is 0 Å². The molecule has 0 aromatic carbocycles. The Labute approximate surface area is 80.1 Å². The molecule has 0 saturated heterocycles. The summed E-state index contributed by atoms with van der Waals surface area (Å²) in [5.41, 5.74) is 0. The van der Waals surface area contributed by atoms with Crippen LogP contribution in [0, 0.1) is 0 Å². The van der Waals surface area contributed by atoms with Crippen molar-refractivity contribution in [3.05, 3.63) is 0 Å². The fourth-order valence-electron chi connectivity index (χ4n) is 0.600. The van der Waals surface area contributed by atoms with Crippen LogP contribution in [0.3, 0.4) is 0 Å². The zero-order valence-electron chi connectivity index (χ0n) is 7.02. The normalized spacial score (nSPS) is 11.4. The Balaban J connectivity index is 3.57. The van der Waals surface area contributed by atoms with Gasteiger partial charge in [-0.15, -0.1) is 11.6 Å². The van der Waals surface area contributed by atoms with E-state index in [0.29, 0.717) is 12.3 Å². The van der Waals surface area contributed by atoms with E-state index in [-0.39, 0.29) is 6.42 Å². The summed E-state index contributed by atoms with van der Waals surface area (Å²) in [6, 6.07) is 0. The van der Waals surface area contributed by atoms with Gasteiger partial charge in [0.25, 0.3) is 5.92 Å². The SMILES string of the molecule is O=C(CCCCl)NCC(F)(F)CO. The fourth-order valence-corrected chi connectivity index (χ4v) is 0.733. The number of halogens is 3. The number of carbonyl (C=O) groups excluding carboxylic acids is 1. The molecule has 0 radical (unpaired) electrons. The third kappa shape index (κ3) is 6.72. The van der Waals surface area contributed by atoms with E-state index in [1.54, 1.807) is 0 Å². The molecule has 0 unspecified atom stereocenters. The maximum atomic E-state index is 12.3. The van der Waals surface area contributed by atoms with Crippen molar-refractivity contribution >= 4 is 17.5 Å². The zero-order chi connectivity index (χ0) is 10.3. The summed E-state index contributed by atoms with van der Waals surface area (Å²) in [5.74, 6) is -3.39. The van der Waals surface area contributed by atoms with Crippen molar-refractivity contribution in [2.45, 2.75) is 18.8 Å². The minimum absolute atomic E-state index is 0.130. The van der Waals surface area contributed by atoms with Gasteiger partial charge in [-0.2, -0.15) is 0 Å². The quantitative estimate of drug-likeness (QED) is 0.643. The summed E-state index contributed by atoms with van der Waals surface area (Å²) in [5, 5.41) is 10.2. The molecule has 0 fully saturated rings. The Bertz CT molecular complexity index is 167.